The maximum absolute atomic E-state index is 13.3. The van der Waals surface area contributed by atoms with Crippen molar-refractivity contribution in [2.75, 3.05) is 13.1 Å². The molecule has 7 heteroatoms. The SMILES string of the molecule is CCc1ccc(-c2[nH]ncc2C(=O)N2CCC(NC(=O)c3cccc(F)c3)CC2)cc1. The average Bonchev–Trinajstić information content (AvgIpc) is 3.29. The molecular formula is C24H25FN4O2. The largest absolute Gasteiger partial charge is 0.349 e. The van der Waals surface area contributed by atoms with Gasteiger partial charge < -0.3 is 10.2 Å². The molecule has 0 spiro atoms. The van der Waals surface area contributed by atoms with Crippen LogP contribution in [-0.4, -0.2) is 46.0 Å². The van der Waals surface area contributed by atoms with Gasteiger partial charge in [0.15, 0.2) is 0 Å². The fourth-order valence-electron chi connectivity index (χ4n) is 3.87. The van der Waals surface area contributed by atoms with Crippen LogP contribution in [-0.2, 0) is 6.42 Å². The van der Waals surface area contributed by atoms with Crippen molar-refractivity contribution in [1.29, 1.82) is 0 Å². The van der Waals surface area contributed by atoms with Crippen LogP contribution in [0.2, 0.25) is 0 Å². The van der Waals surface area contributed by atoms with E-state index in [1.807, 2.05) is 12.1 Å². The zero-order valence-electron chi connectivity index (χ0n) is 17.4. The third-order valence-electron chi connectivity index (χ3n) is 5.72. The highest BCUT2D eigenvalue weighted by molar-refractivity contribution is 6.00. The molecule has 0 unspecified atom stereocenters. The van der Waals surface area contributed by atoms with Crippen LogP contribution in [0.1, 0.15) is 46.0 Å². The summed E-state index contributed by atoms with van der Waals surface area (Å²) in [5, 5.41) is 9.99. The number of carbonyl (C=O) groups excluding carboxylic acids is 2. The molecule has 2 amide bonds. The molecule has 1 aliphatic heterocycles. The van der Waals surface area contributed by atoms with Crippen LogP contribution < -0.4 is 5.32 Å². The van der Waals surface area contributed by atoms with Crippen LogP contribution in [0, 0.1) is 5.82 Å². The van der Waals surface area contributed by atoms with Crippen LogP contribution in [0.5, 0.6) is 0 Å². The van der Waals surface area contributed by atoms with E-state index in [0.717, 1.165) is 12.0 Å². The molecule has 4 rings (SSSR count). The zero-order valence-corrected chi connectivity index (χ0v) is 17.4. The number of amides is 2. The maximum Gasteiger partial charge on any atom is 0.257 e. The van der Waals surface area contributed by atoms with Crippen molar-refractivity contribution in [2.45, 2.75) is 32.2 Å². The molecule has 0 radical (unpaired) electrons. The molecule has 2 N–H and O–H groups in total. The Bertz CT molecular complexity index is 1070. The first-order valence-electron chi connectivity index (χ1n) is 10.5. The molecule has 31 heavy (non-hydrogen) atoms. The second kappa shape index (κ2) is 9.12. The molecule has 1 saturated heterocycles. The van der Waals surface area contributed by atoms with Gasteiger partial charge >= 0.3 is 0 Å². The molecule has 6 nitrogen and oxygen atoms in total. The normalized spacial score (nSPS) is 14.5. The van der Waals surface area contributed by atoms with Crippen LogP contribution >= 0.6 is 0 Å². The number of likely N-dealkylation sites (tertiary alicyclic amines) is 1. The number of halogens is 1. The molecule has 0 saturated carbocycles. The predicted molar refractivity (Wildman–Crippen MR) is 116 cm³/mol. The van der Waals surface area contributed by atoms with Crippen molar-refractivity contribution in [3.63, 3.8) is 0 Å². The van der Waals surface area contributed by atoms with Gasteiger partial charge in [0.2, 0.25) is 0 Å². The lowest BCUT2D eigenvalue weighted by molar-refractivity contribution is 0.0699. The summed E-state index contributed by atoms with van der Waals surface area (Å²) in [6, 6.07) is 13.7. The summed E-state index contributed by atoms with van der Waals surface area (Å²) < 4.78 is 13.3. The van der Waals surface area contributed by atoms with Crippen LogP contribution in [0.4, 0.5) is 4.39 Å². The average molecular weight is 420 g/mol. The van der Waals surface area contributed by atoms with Gasteiger partial charge in [-0.2, -0.15) is 5.10 Å². The second-order valence-corrected chi connectivity index (χ2v) is 7.76. The lowest BCUT2D eigenvalue weighted by atomic mass is 10.0. The van der Waals surface area contributed by atoms with Gasteiger partial charge in [-0.25, -0.2) is 4.39 Å². The van der Waals surface area contributed by atoms with E-state index in [-0.39, 0.29) is 17.9 Å². The monoisotopic (exact) mass is 420 g/mol. The summed E-state index contributed by atoms with van der Waals surface area (Å²) >= 11 is 0. The number of nitrogens with zero attached hydrogens (tertiary/aromatic N) is 2. The first-order valence-corrected chi connectivity index (χ1v) is 10.5. The van der Waals surface area contributed by atoms with E-state index < -0.39 is 5.82 Å². The number of aromatic amines is 1. The molecule has 2 heterocycles. The third kappa shape index (κ3) is 4.66. The second-order valence-electron chi connectivity index (χ2n) is 7.76. The summed E-state index contributed by atoms with van der Waals surface area (Å²) in [5.74, 6) is -0.802. The Morgan fingerprint density at radius 1 is 1.16 bits per heavy atom. The summed E-state index contributed by atoms with van der Waals surface area (Å²) in [6.07, 6.45) is 3.82. The van der Waals surface area contributed by atoms with Crippen molar-refractivity contribution < 1.29 is 14.0 Å². The number of H-pyrrole nitrogens is 1. The molecule has 160 valence electrons. The van der Waals surface area contributed by atoms with Gasteiger partial charge in [0.1, 0.15) is 5.82 Å². The first-order chi connectivity index (χ1) is 15.0. The van der Waals surface area contributed by atoms with Gasteiger partial charge in [-0.3, -0.25) is 14.7 Å². The van der Waals surface area contributed by atoms with E-state index in [2.05, 4.69) is 34.6 Å². The number of rotatable bonds is 5. The Morgan fingerprint density at radius 2 is 1.90 bits per heavy atom. The number of piperidine rings is 1. The fraction of sp³-hybridized carbons (Fsp3) is 0.292. The Hall–Kier alpha value is -3.48. The fourth-order valence-corrected chi connectivity index (χ4v) is 3.87. The van der Waals surface area contributed by atoms with Gasteiger partial charge in [-0.15, -0.1) is 0 Å². The number of hydrogen-bond donors (Lipinski definition) is 2. The minimum absolute atomic E-state index is 0.0507. The minimum Gasteiger partial charge on any atom is -0.349 e. The maximum atomic E-state index is 13.3. The number of hydrogen-bond acceptors (Lipinski definition) is 3. The van der Waals surface area contributed by atoms with Gasteiger partial charge in [0.05, 0.1) is 17.5 Å². The van der Waals surface area contributed by atoms with Crippen LogP contribution in [0.15, 0.2) is 54.7 Å². The van der Waals surface area contributed by atoms with Gasteiger partial charge in [-0.1, -0.05) is 37.3 Å². The number of aryl methyl sites for hydroxylation is 1. The summed E-state index contributed by atoms with van der Waals surface area (Å²) in [4.78, 5) is 27.2. The number of carbonyl (C=O) groups is 2. The summed E-state index contributed by atoms with van der Waals surface area (Å²) in [5.41, 5.74) is 3.73. The standard InChI is InChI=1S/C24H25FN4O2/c1-2-16-6-8-17(9-7-16)22-21(15-26-28-22)24(31)29-12-10-20(11-13-29)27-23(30)18-4-3-5-19(25)14-18/h3-9,14-15,20H,2,10-13H2,1H3,(H,26,28)(H,27,30). The highest BCUT2D eigenvalue weighted by Crippen LogP contribution is 2.24. The van der Waals surface area contributed by atoms with E-state index in [0.29, 0.717) is 42.8 Å². The van der Waals surface area contributed by atoms with E-state index in [1.165, 1.54) is 23.8 Å². The van der Waals surface area contributed by atoms with Crippen LogP contribution in [0.25, 0.3) is 11.3 Å². The first kappa shape index (κ1) is 20.8. The zero-order chi connectivity index (χ0) is 21.8. The Morgan fingerprint density at radius 3 is 2.58 bits per heavy atom. The molecule has 3 aromatic rings. The van der Waals surface area contributed by atoms with Crippen LogP contribution in [0.3, 0.4) is 0 Å². The summed E-state index contributed by atoms with van der Waals surface area (Å²) in [7, 11) is 0. The van der Waals surface area contributed by atoms with Crippen molar-refractivity contribution >= 4 is 11.8 Å². The highest BCUT2D eigenvalue weighted by Gasteiger charge is 2.27. The van der Waals surface area contributed by atoms with Crippen molar-refractivity contribution in [3.05, 3.63) is 77.2 Å². The minimum atomic E-state index is -0.437. The molecule has 0 atom stereocenters. The van der Waals surface area contributed by atoms with Gasteiger partial charge in [0, 0.05) is 30.3 Å². The Labute approximate surface area is 180 Å². The van der Waals surface area contributed by atoms with E-state index in [9.17, 15) is 14.0 Å². The molecule has 0 aliphatic carbocycles. The molecule has 1 aliphatic rings. The quantitative estimate of drug-likeness (QED) is 0.659. The van der Waals surface area contributed by atoms with Crippen molar-refractivity contribution in [1.82, 2.24) is 20.4 Å². The molecule has 1 fully saturated rings. The molecule has 1 aromatic heterocycles. The Balaban J connectivity index is 1.38. The lowest BCUT2D eigenvalue weighted by Crippen LogP contribution is -2.46. The third-order valence-corrected chi connectivity index (χ3v) is 5.72. The highest BCUT2D eigenvalue weighted by atomic mass is 19.1. The van der Waals surface area contributed by atoms with Gasteiger partial charge in [-0.05, 0) is 43.0 Å². The van der Waals surface area contributed by atoms with Crippen molar-refractivity contribution in [3.8, 4) is 11.3 Å². The number of benzene rings is 2. The smallest absolute Gasteiger partial charge is 0.257 e. The van der Waals surface area contributed by atoms with E-state index >= 15 is 0 Å². The topological polar surface area (TPSA) is 78.1 Å². The Kier molecular flexibility index (Phi) is 6.11. The predicted octanol–water partition coefficient (Wildman–Crippen LogP) is 3.81. The summed E-state index contributed by atoms with van der Waals surface area (Å²) in [6.45, 7) is 3.17. The van der Waals surface area contributed by atoms with E-state index in [4.69, 9.17) is 0 Å². The lowest BCUT2D eigenvalue weighted by Gasteiger charge is -2.32. The molecule has 2 aromatic carbocycles. The molecule has 0 bridgehead atoms. The van der Waals surface area contributed by atoms with Gasteiger partial charge in [0.25, 0.3) is 11.8 Å². The number of aromatic nitrogens is 2. The number of nitrogens with one attached hydrogen (secondary N) is 2. The van der Waals surface area contributed by atoms with E-state index in [1.54, 1.807) is 17.2 Å². The van der Waals surface area contributed by atoms with Crippen molar-refractivity contribution in [2.24, 2.45) is 0 Å². The molecular weight excluding hydrogens is 395 g/mol.